The second-order valence-corrected chi connectivity index (χ2v) is 11.3. The first-order valence-corrected chi connectivity index (χ1v) is 15.6. The number of aromatic nitrogens is 2. The van der Waals surface area contributed by atoms with Crippen LogP contribution in [0.2, 0.25) is 5.02 Å². The van der Waals surface area contributed by atoms with Gasteiger partial charge in [0.25, 0.3) is 0 Å². The van der Waals surface area contributed by atoms with Gasteiger partial charge in [-0.25, -0.2) is 19.8 Å². The molecule has 2 heterocycles. The molecule has 234 valence electrons. The van der Waals surface area contributed by atoms with Crippen LogP contribution in [0.5, 0.6) is 5.75 Å². The Bertz CT molecular complexity index is 1730. The van der Waals surface area contributed by atoms with Crippen molar-refractivity contribution in [2.45, 2.75) is 64.4 Å². The molecule has 0 unspecified atom stereocenters. The zero-order chi connectivity index (χ0) is 31.4. The van der Waals surface area contributed by atoms with Gasteiger partial charge in [-0.3, -0.25) is 10.0 Å². The van der Waals surface area contributed by atoms with Crippen molar-refractivity contribution in [3.63, 3.8) is 0 Å². The van der Waals surface area contributed by atoms with Gasteiger partial charge in [-0.1, -0.05) is 55.8 Å². The van der Waals surface area contributed by atoms with Gasteiger partial charge in [0, 0.05) is 29.5 Å². The molecule has 1 amide bonds. The SMILES string of the molecule is O=C(CCCCCCCCCc1ccc(-c2ccc3ncnc(Nc4ccc(OCc5cccc(F)c5)c(Cl)c4)c3c2)o1)NO. The Morgan fingerprint density at radius 1 is 0.911 bits per heavy atom. The van der Waals surface area contributed by atoms with Crippen molar-refractivity contribution in [3.05, 3.63) is 101 Å². The summed E-state index contributed by atoms with van der Waals surface area (Å²) < 4.78 is 25.5. The van der Waals surface area contributed by atoms with E-state index in [-0.39, 0.29) is 18.3 Å². The third-order valence-electron chi connectivity index (χ3n) is 7.51. The number of benzene rings is 3. The number of hydrogen-bond acceptors (Lipinski definition) is 7. The highest BCUT2D eigenvalue weighted by Gasteiger charge is 2.11. The van der Waals surface area contributed by atoms with Gasteiger partial charge in [0.05, 0.1) is 10.5 Å². The van der Waals surface area contributed by atoms with Gasteiger partial charge in [-0.2, -0.15) is 0 Å². The average molecular weight is 631 g/mol. The number of anilines is 2. The predicted octanol–water partition coefficient (Wildman–Crippen LogP) is 9.17. The number of hydrogen-bond donors (Lipinski definition) is 3. The van der Waals surface area contributed by atoms with Crippen LogP contribution in [0.3, 0.4) is 0 Å². The zero-order valence-electron chi connectivity index (χ0n) is 24.9. The van der Waals surface area contributed by atoms with E-state index in [9.17, 15) is 9.18 Å². The minimum atomic E-state index is -0.318. The third-order valence-corrected chi connectivity index (χ3v) is 7.81. The molecule has 8 nitrogen and oxygen atoms in total. The van der Waals surface area contributed by atoms with Crippen molar-refractivity contribution in [2.75, 3.05) is 5.32 Å². The first kappa shape index (κ1) is 31.9. The normalized spacial score (nSPS) is 11.1. The highest BCUT2D eigenvalue weighted by atomic mass is 35.5. The fraction of sp³-hybridized carbons (Fsp3) is 0.286. The molecule has 0 fully saturated rings. The second kappa shape index (κ2) is 16.0. The summed E-state index contributed by atoms with van der Waals surface area (Å²) in [5, 5.41) is 13.1. The molecule has 0 bridgehead atoms. The second-order valence-electron chi connectivity index (χ2n) is 10.9. The predicted molar refractivity (Wildman–Crippen MR) is 173 cm³/mol. The van der Waals surface area contributed by atoms with Gasteiger partial charge >= 0.3 is 0 Å². The van der Waals surface area contributed by atoms with Crippen LogP contribution in [-0.4, -0.2) is 21.1 Å². The largest absolute Gasteiger partial charge is 0.487 e. The highest BCUT2D eigenvalue weighted by molar-refractivity contribution is 6.32. The van der Waals surface area contributed by atoms with E-state index in [1.807, 2.05) is 36.4 Å². The zero-order valence-corrected chi connectivity index (χ0v) is 25.7. The monoisotopic (exact) mass is 630 g/mol. The van der Waals surface area contributed by atoms with Crippen molar-refractivity contribution in [2.24, 2.45) is 0 Å². The lowest BCUT2D eigenvalue weighted by Crippen LogP contribution is -2.17. The molecule has 5 aromatic rings. The molecular weight excluding hydrogens is 595 g/mol. The molecule has 0 aliphatic carbocycles. The minimum Gasteiger partial charge on any atom is -0.487 e. The van der Waals surface area contributed by atoms with Gasteiger partial charge in [0.2, 0.25) is 5.91 Å². The summed E-state index contributed by atoms with van der Waals surface area (Å²) in [4.78, 5) is 19.9. The quantitative estimate of drug-likeness (QED) is 0.0566. The Hall–Kier alpha value is -4.47. The molecule has 10 heteroatoms. The van der Waals surface area contributed by atoms with E-state index in [2.05, 4.69) is 15.3 Å². The molecule has 0 saturated carbocycles. The van der Waals surface area contributed by atoms with Crippen LogP contribution in [0.4, 0.5) is 15.9 Å². The maximum atomic E-state index is 13.5. The molecule has 2 aromatic heterocycles. The number of fused-ring (bicyclic) bond motifs is 1. The van der Waals surface area contributed by atoms with Gasteiger partial charge in [0.1, 0.15) is 41.8 Å². The Balaban J connectivity index is 1.15. The van der Waals surface area contributed by atoms with E-state index in [4.69, 9.17) is 26.0 Å². The number of amides is 1. The van der Waals surface area contributed by atoms with Crippen LogP contribution in [0.25, 0.3) is 22.2 Å². The van der Waals surface area contributed by atoms with Crippen LogP contribution in [0.15, 0.2) is 83.5 Å². The molecule has 0 aliphatic rings. The lowest BCUT2D eigenvalue weighted by atomic mass is 10.1. The molecule has 0 saturated heterocycles. The number of hydroxylamine groups is 1. The van der Waals surface area contributed by atoms with E-state index < -0.39 is 0 Å². The third kappa shape index (κ3) is 9.26. The fourth-order valence-electron chi connectivity index (χ4n) is 5.12. The maximum Gasteiger partial charge on any atom is 0.243 e. The molecule has 45 heavy (non-hydrogen) atoms. The summed E-state index contributed by atoms with van der Waals surface area (Å²) in [6.07, 6.45) is 10.1. The summed E-state index contributed by atoms with van der Waals surface area (Å²) in [7, 11) is 0. The van der Waals surface area contributed by atoms with Crippen molar-refractivity contribution in [1.82, 2.24) is 15.4 Å². The van der Waals surface area contributed by atoms with Gasteiger partial charge in [-0.15, -0.1) is 0 Å². The number of rotatable bonds is 16. The van der Waals surface area contributed by atoms with Crippen LogP contribution in [-0.2, 0) is 17.8 Å². The summed E-state index contributed by atoms with van der Waals surface area (Å²) in [6.45, 7) is 0.203. The smallest absolute Gasteiger partial charge is 0.243 e. The van der Waals surface area contributed by atoms with E-state index in [0.29, 0.717) is 28.6 Å². The van der Waals surface area contributed by atoms with Gasteiger partial charge in [-0.05, 0) is 79.1 Å². The van der Waals surface area contributed by atoms with E-state index >= 15 is 0 Å². The molecule has 3 aromatic carbocycles. The van der Waals surface area contributed by atoms with Gasteiger partial charge in [0.15, 0.2) is 0 Å². The Morgan fingerprint density at radius 2 is 1.73 bits per heavy atom. The van der Waals surface area contributed by atoms with E-state index in [1.165, 1.54) is 18.5 Å². The lowest BCUT2D eigenvalue weighted by Gasteiger charge is -2.12. The van der Waals surface area contributed by atoms with Crippen LogP contribution >= 0.6 is 11.6 Å². The number of nitrogens with one attached hydrogen (secondary N) is 2. The first-order valence-electron chi connectivity index (χ1n) is 15.2. The topological polar surface area (TPSA) is 110 Å². The fourth-order valence-corrected chi connectivity index (χ4v) is 5.36. The number of furan rings is 1. The molecule has 3 N–H and O–H groups in total. The number of unbranched alkanes of at least 4 members (excludes halogenated alkanes) is 6. The Morgan fingerprint density at radius 3 is 2.53 bits per heavy atom. The number of nitrogens with zero attached hydrogens (tertiary/aromatic N) is 2. The molecule has 0 radical (unpaired) electrons. The lowest BCUT2D eigenvalue weighted by molar-refractivity contribution is -0.129. The summed E-state index contributed by atoms with van der Waals surface area (Å²) >= 11 is 6.51. The first-order chi connectivity index (χ1) is 22.0. The number of ether oxygens (including phenoxy) is 1. The summed E-state index contributed by atoms with van der Waals surface area (Å²) in [5.74, 6) is 2.25. The molecule has 0 atom stereocenters. The molecular formula is C35H36ClFN4O4. The van der Waals surface area contributed by atoms with Crippen molar-refractivity contribution in [1.29, 1.82) is 0 Å². The van der Waals surface area contributed by atoms with Crippen molar-refractivity contribution in [3.8, 4) is 17.1 Å². The van der Waals surface area contributed by atoms with E-state index in [0.717, 1.165) is 85.0 Å². The number of carbonyl (C=O) groups is 1. The maximum absolute atomic E-state index is 13.5. The van der Waals surface area contributed by atoms with Crippen molar-refractivity contribution >= 4 is 39.9 Å². The van der Waals surface area contributed by atoms with Crippen molar-refractivity contribution < 1.29 is 23.5 Å². The number of carbonyl (C=O) groups excluding carboxylic acids is 1. The summed E-state index contributed by atoms with van der Waals surface area (Å²) in [5.41, 5.74) is 4.84. The minimum absolute atomic E-state index is 0.203. The van der Waals surface area contributed by atoms with Crippen LogP contribution in [0, 0.1) is 5.82 Å². The Labute approximate surface area is 266 Å². The standard InChI is InChI=1S/C35H36ClFN4O4/c36-30-21-27(14-17-33(30)44-22-24-9-8-10-26(37)19-24)40-35-29-20-25(13-16-31(29)38-23-39-35)32-18-15-28(45-32)11-6-4-2-1-3-5-7-12-34(42)41-43/h8-10,13-21,23,43H,1-7,11-12,22H2,(H,41,42)(H,38,39,40). The molecule has 0 aliphatic heterocycles. The van der Waals surface area contributed by atoms with Crippen LogP contribution in [0.1, 0.15) is 62.7 Å². The summed E-state index contributed by atoms with van der Waals surface area (Å²) in [6, 6.07) is 21.6. The van der Waals surface area contributed by atoms with E-state index in [1.54, 1.807) is 29.7 Å². The highest BCUT2D eigenvalue weighted by Crippen LogP contribution is 2.33. The van der Waals surface area contributed by atoms with Gasteiger partial charge < -0.3 is 14.5 Å². The Kier molecular flexibility index (Phi) is 11.4. The molecule has 0 spiro atoms. The van der Waals surface area contributed by atoms with Crippen LogP contribution < -0.4 is 15.5 Å². The average Bonchev–Trinajstić information content (AvgIpc) is 3.52. The number of aryl methyl sites for hydroxylation is 1. The molecule has 5 rings (SSSR count). The number of halogens is 2.